The fourth-order valence-corrected chi connectivity index (χ4v) is 4.50. The number of amides is 1. The zero-order valence-electron chi connectivity index (χ0n) is 21.3. The van der Waals surface area contributed by atoms with Gasteiger partial charge in [0.1, 0.15) is 23.5 Å². The van der Waals surface area contributed by atoms with Crippen LogP contribution in [0.25, 0.3) is 22.2 Å². The van der Waals surface area contributed by atoms with Gasteiger partial charge in [-0.3, -0.25) is 23.5 Å². The van der Waals surface area contributed by atoms with Gasteiger partial charge in [-0.15, -0.1) is 0 Å². The molecule has 1 atom stereocenters. The number of nitrogens with one attached hydrogen (secondary N) is 1. The van der Waals surface area contributed by atoms with Crippen LogP contribution in [0, 0.1) is 11.8 Å². The standard InChI is InChI=1S/C30H22N8O2/c1-19(35-29(39)25-26(31)34-18-37-16-15-33-28(25)37)27-36-23-11-5-8-21(13-12-20-7-6-14-32-17-20)24(23)30(40)38(27)22-9-3-2-4-10-22/h2-11,14-19H,31H2,1H3,(H,35,39). The van der Waals surface area contributed by atoms with Crippen molar-refractivity contribution in [3.05, 3.63) is 125 Å². The number of nitrogen functional groups attached to an aromatic ring is 1. The first-order valence-electron chi connectivity index (χ1n) is 12.4. The Morgan fingerprint density at radius 3 is 2.65 bits per heavy atom. The highest BCUT2D eigenvalue weighted by Crippen LogP contribution is 2.22. The number of aromatic nitrogens is 6. The van der Waals surface area contributed by atoms with Crippen LogP contribution in [-0.4, -0.2) is 34.8 Å². The normalized spacial score (nSPS) is 11.6. The first-order chi connectivity index (χ1) is 19.5. The Morgan fingerprint density at radius 1 is 1.00 bits per heavy atom. The van der Waals surface area contributed by atoms with E-state index in [-0.39, 0.29) is 16.9 Å². The number of nitrogens with zero attached hydrogens (tertiary/aromatic N) is 6. The maximum absolute atomic E-state index is 14.1. The molecule has 0 spiro atoms. The van der Waals surface area contributed by atoms with Crippen molar-refractivity contribution in [3.63, 3.8) is 0 Å². The minimum atomic E-state index is -0.690. The lowest BCUT2D eigenvalue weighted by atomic mass is 10.1. The van der Waals surface area contributed by atoms with Crippen LogP contribution < -0.4 is 16.6 Å². The van der Waals surface area contributed by atoms with Crippen LogP contribution in [0.5, 0.6) is 0 Å². The lowest BCUT2D eigenvalue weighted by molar-refractivity contribution is 0.0939. The quantitative estimate of drug-likeness (QED) is 0.337. The first-order valence-corrected chi connectivity index (χ1v) is 12.4. The van der Waals surface area contributed by atoms with Crippen LogP contribution in [0.3, 0.4) is 0 Å². The number of anilines is 1. The molecule has 3 N–H and O–H groups in total. The largest absolute Gasteiger partial charge is 0.383 e. The zero-order valence-corrected chi connectivity index (χ0v) is 21.3. The van der Waals surface area contributed by atoms with Gasteiger partial charge in [0.2, 0.25) is 0 Å². The Bertz CT molecular complexity index is 2000. The molecule has 4 aromatic heterocycles. The van der Waals surface area contributed by atoms with Crippen molar-refractivity contribution in [2.45, 2.75) is 13.0 Å². The molecule has 4 heterocycles. The van der Waals surface area contributed by atoms with Crippen molar-refractivity contribution in [2.75, 3.05) is 5.73 Å². The Morgan fingerprint density at radius 2 is 1.85 bits per heavy atom. The van der Waals surface area contributed by atoms with Crippen LogP contribution >= 0.6 is 0 Å². The van der Waals surface area contributed by atoms with Crippen LogP contribution in [-0.2, 0) is 0 Å². The van der Waals surface area contributed by atoms with E-state index in [4.69, 9.17) is 10.7 Å². The maximum Gasteiger partial charge on any atom is 0.267 e. The molecule has 0 fully saturated rings. The van der Waals surface area contributed by atoms with E-state index < -0.39 is 11.9 Å². The van der Waals surface area contributed by atoms with E-state index in [1.54, 1.807) is 60.4 Å². The fraction of sp³-hybridized carbons (Fsp3) is 0.0667. The second kappa shape index (κ2) is 10.2. The molecule has 0 aliphatic heterocycles. The average Bonchev–Trinajstić information content (AvgIpc) is 3.45. The Hall–Kier alpha value is -5.82. The molecule has 2 aromatic carbocycles. The smallest absolute Gasteiger partial charge is 0.267 e. The first kappa shape index (κ1) is 24.5. The predicted molar refractivity (Wildman–Crippen MR) is 151 cm³/mol. The summed E-state index contributed by atoms with van der Waals surface area (Å²) in [5.74, 6) is 6.08. The van der Waals surface area contributed by atoms with Gasteiger partial charge in [-0.25, -0.2) is 15.0 Å². The van der Waals surface area contributed by atoms with E-state index in [2.05, 4.69) is 32.1 Å². The highest BCUT2D eigenvalue weighted by atomic mass is 16.2. The summed E-state index contributed by atoms with van der Waals surface area (Å²) in [7, 11) is 0. The predicted octanol–water partition coefficient (Wildman–Crippen LogP) is 3.30. The van der Waals surface area contributed by atoms with Crippen molar-refractivity contribution in [2.24, 2.45) is 0 Å². The summed E-state index contributed by atoms with van der Waals surface area (Å²) in [5, 5.41) is 3.30. The average molecular weight is 527 g/mol. The third-order valence-electron chi connectivity index (χ3n) is 6.37. The van der Waals surface area contributed by atoms with Crippen molar-refractivity contribution in [1.82, 2.24) is 34.2 Å². The number of benzene rings is 2. The van der Waals surface area contributed by atoms with E-state index in [0.717, 1.165) is 5.56 Å². The maximum atomic E-state index is 14.1. The van der Waals surface area contributed by atoms with Gasteiger partial charge in [-0.1, -0.05) is 36.1 Å². The number of nitrogens with two attached hydrogens (primary N) is 1. The number of carbonyl (C=O) groups is 1. The second-order valence-electron chi connectivity index (χ2n) is 9.00. The van der Waals surface area contributed by atoms with Crippen LogP contribution in [0.4, 0.5) is 5.82 Å². The van der Waals surface area contributed by atoms with Gasteiger partial charge >= 0.3 is 0 Å². The summed E-state index contributed by atoms with van der Waals surface area (Å²) in [6.07, 6.45) is 8.06. The molecule has 0 saturated carbocycles. The van der Waals surface area contributed by atoms with Gasteiger partial charge in [-0.05, 0) is 43.3 Å². The van der Waals surface area contributed by atoms with Gasteiger partial charge < -0.3 is 11.1 Å². The number of imidazole rings is 1. The Labute approximate surface area is 228 Å². The SMILES string of the molecule is CC(NC(=O)c1c(N)ncn2ccnc12)c1nc2cccc(C#Cc3cccnc3)c2c(=O)n1-c1ccccc1. The lowest BCUT2D eigenvalue weighted by Crippen LogP contribution is -2.34. The molecule has 40 heavy (non-hydrogen) atoms. The van der Waals surface area contributed by atoms with Gasteiger partial charge in [0.15, 0.2) is 5.65 Å². The van der Waals surface area contributed by atoms with Crippen molar-refractivity contribution < 1.29 is 4.79 Å². The lowest BCUT2D eigenvalue weighted by Gasteiger charge is -2.20. The number of carbonyl (C=O) groups excluding carboxylic acids is 1. The van der Waals surface area contributed by atoms with Crippen molar-refractivity contribution in [1.29, 1.82) is 0 Å². The summed E-state index contributed by atoms with van der Waals surface area (Å²) in [6.45, 7) is 1.76. The molecule has 194 valence electrons. The molecule has 10 heteroatoms. The molecule has 6 aromatic rings. The summed E-state index contributed by atoms with van der Waals surface area (Å²) in [5.41, 5.74) is 8.59. The fourth-order valence-electron chi connectivity index (χ4n) is 4.50. The number of hydrogen-bond acceptors (Lipinski definition) is 7. The van der Waals surface area contributed by atoms with Gasteiger partial charge in [0.25, 0.3) is 11.5 Å². The van der Waals surface area contributed by atoms with Gasteiger partial charge in [0, 0.05) is 35.9 Å². The summed E-state index contributed by atoms with van der Waals surface area (Å²) < 4.78 is 3.11. The topological polar surface area (TPSA) is 133 Å². The summed E-state index contributed by atoms with van der Waals surface area (Å²) in [6, 6.07) is 17.4. The minimum Gasteiger partial charge on any atom is -0.383 e. The van der Waals surface area contributed by atoms with Gasteiger partial charge in [0.05, 0.1) is 22.6 Å². The second-order valence-corrected chi connectivity index (χ2v) is 9.00. The molecule has 0 aliphatic carbocycles. The van der Waals surface area contributed by atoms with E-state index in [0.29, 0.717) is 33.6 Å². The number of pyridine rings is 1. The summed E-state index contributed by atoms with van der Waals surface area (Å²) >= 11 is 0. The molecular formula is C30H22N8O2. The van der Waals surface area contributed by atoms with E-state index >= 15 is 0 Å². The minimum absolute atomic E-state index is 0.0483. The highest BCUT2D eigenvalue weighted by molar-refractivity contribution is 6.04. The Kier molecular flexibility index (Phi) is 6.22. The monoisotopic (exact) mass is 526 g/mol. The number of fused-ring (bicyclic) bond motifs is 2. The van der Waals surface area contributed by atoms with E-state index in [9.17, 15) is 9.59 Å². The third-order valence-corrected chi connectivity index (χ3v) is 6.37. The molecule has 10 nitrogen and oxygen atoms in total. The molecule has 1 unspecified atom stereocenters. The molecule has 0 saturated heterocycles. The van der Waals surface area contributed by atoms with Crippen molar-refractivity contribution in [3.8, 4) is 17.5 Å². The van der Waals surface area contributed by atoms with Crippen LogP contribution in [0.15, 0.2) is 96.6 Å². The van der Waals surface area contributed by atoms with Crippen LogP contribution in [0.1, 0.15) is 40.3 Å². The Balaban J connectivity index is 1.48. The molecule has 6 rings (SSSR count). The summed E-state index contributed by atoms with van der Waals surface area (Å²) in [4.78, 5) is 44.8. The number of para-hydroxylation sites is 1. The molecular weight excluding hydrogens is 504 g/mol. The zero-order chi connectivity index (χ0) is 27.6. The number of hydrogen-bond donors (Lipinski definition) is 2. The highest BCUT2D eigenvalue weighted by Gasteiger charge is 2.24. The molecule has 1 amide bonds. The van der Waals surface area contributed by atoms with Gasteiger partial charge in [-0.2, -0.15) is 0 Å². The van der Waals surface area contributed by atoms with Crippen molar-refractivity contribution >= 4 is 28.3 Å². The van der Waals surface area contributed by atoms with E-state index in [1.807, 2.05) is 36.4 Å². The van der Waals surface area contributed by atoms with Crippen LogP contribution in [0.2, 0.25) is 0 Å². The molecule has 0 aliphatic rings. The van der Waals surface area contributed by atoms with E-state index in [1.165, 1.54) is 10.9 Å². The number of rotatable bonds is 4. The molecule has 0 bridgehead atoms. The third kappa shape index (κ3) is 4.41. The molecule has 0 radical (unpaired) electrons.